The first-order chi connectivity index (χ1) is 31.3. The Balaban J connectivity index is 1.12. The van der Waals surface area contributed by atoms with Gasteiger partial charge in [-0.15, -0.1) is 11.3 Å². The van der Waals surface area contributed by atoms with Gasteiger partial charge in [0.15, 0.2) is 0 Å². The molecule has 12 aromatic rings. The van der Waals surface area contributed by atoms with E-state index in [1.54, 1.807) is 0 Å². The number of benzene rings is 10. The molecule has 0 unspecified atom stereocenters. The minimum absolute atomic E-state index is 1.09. The summed E-state index contributed by atoms with van der Waals surface area (Å²) < 4.78 is 4.96. The van der Waals surface area contributed by atoms with Gasteiger partial charge in [-0.3, -0.25) is 0 Å². The monoisotopic (exact) mass is 820 g/mol. The maximum absolute atomic E-state index is 2.51. The average Bonchev–Trinajstić information content (AvgIpc) is 3.92. The van der Waals surface area contributed by atoms with Crippen LogP contribution in [0, 0.1) is 0 Å². The maximum atomic E-state index is 2.51. The van der Waals surface area contributed by atoms with Crippen LogP contribution in [-0.2, 0) is 0 Å². The van der Waals surface area contributed by atoms with Crippen molar-refractivity contribution in [3.8, 4) is 50.2 Å². The molecule has 2 aromatic heterocycles. The number of hydrogen-bond acceptors (Lipinski definition) is 2. The quantitative estimate of drug-likeness (QED) is 0.148. The Labute approximate surface area is 370 Å². The number of anilines is 3. The molecule has 0 radical (unpaired) electrons. The van der Waals surface area contributed by atoms with Gasteiger partial charge in [0.05, 0.1) is 27.1 Å². The fourth-order valence-electron chi connectivity index (χ4n) is 9.64. The predicted molar refractivity (Wildman–Crippen MR) is 270 cm³/mol. The Bertz CT molecular complexity index is 3600. The van der Waals surface area contributed by atoms with Gasteiger partial charge in [0, 0.05) is 48.7 Å². The molecule has 0 bridgehead atoms. The first-order valence-electron chi connectivity index (χ1n) is 21.5. The molecule has 2 nitrogen and oxygen atoms in total. The molecule has 63 heavy (non-hydrogen) atoms. The minimum Gasteiger partial charge on any atom is -0.309 e. The van der Waals surface area contributed by atoms with Crippen LogP contribution in [-0.4, -0.2) is 4.57 Å². The van der Waals surface area contributed by atoms with E-state index < -0.39 is 0 Å². The topological polar surface area (TPSA) is 8.17 Å². The van der Waals surface area contributed by atoms with Crippen LogP contribution in [0.1, 0.15) is 0 Å². The van der Waals surface area contributed by atoms with Crippen LogP contribution in [0.5, 0.6) is 0 Å². The Morgan fingerprint density at radius 3 is 1.63 bits per heavy atom. The van der Waals surface area contributed by atoms with E-state index in [0.29, 0.717) is 0 Å². The summed E-state index contributed by atoms with van der Waals surface area (Å²) in [6.45, 7) is 0. The lowest BCUT2D eigenvalue weighted by molar-refractivity contribution is 1.18. The van der Waals surface area contributed by atoms with Gasteiger partial charge < -0.3 is 9.47 Å². The smallest absolute Gasteiger partial charge is 0.0640 e. The van der Waals surface area contributed by atoms with Gasteiger partial charge in [0.25, 0.3) is 0 Å². The summed E-state index contributed by atoms with van der Waals surface area (Å²) in [6, 6.07) is 88.4. The summed E-state index contributed by atoms with van der Waals surface area (Å²) in [5.41, 5.74) is 16.4. The highest BCUT2D eigenvalue weighted by Crippen LogP contribution is 2.51. The summed E-state index contributed by atoms with van der Waals surface area (Å²) >= 11 is 1.87. The van der Waals surface area contributed by atoms with Crippen molar-refractivity contribution in [2.75, 3.05) is 4.90 Å². The van der Waals surface area contributed by atoms with Gasteiger partial charge in [0.2, 0.25) is 0 Å². The third-order valence-corrected chi connectivity index (χ3v) is 13.6. The Morgan fingerprint density at radius 1 is 0.333 bits per heavy atom. The van der Waals surface area contributed by atoms with E-state index in [1.807, 2.05) is 11.3 Å². The second-order valence-corrected chi connectivity index (χ2v) is 17.1. The van der Waals surface area contributed by atoms with E-state index in [2.05, 4.69) is 252 Å². The van der Waals surface area contributed by atoms with E-state index in [9.17, 15) is 0 Å². The lowest BCUT2D eigenvalue weighted by atomic mass is 9.87. The molecular formula is C60H40N2S. The summed E-state index contributed by atoms with van der Waals surface area (Å²) in [4.78, 5) is 2.51. The molecule has 0 aliphatic carbocycles. The highest BCUT2D eigenvalue weighted by molar-refractivity contribution is 7.26. The fourth-order valence-corrected chi connectivity index (χ4v) is 10.8. The number of thiophene rings is 1. The standard InChI is InChI=1S/C60H40N2S/c1-4-19-41(20-5-1)46-25-10-11-28-51(46)58-47(42-21-6-2-7-22-42)29-17-34-55(58)61(56-35-18-32-53-50-27-13-15-36-57(50)63-60(53)56)45-39-37-43(38-40-45)48-30-16-31-52-49-26-12-14-33-54(49)62(59(48)52)44-23-8-3-9-24-44/h1-40H. The van der Waals surface area contributed by atoms with E-state index in [-0.39, 0.29) is 0 Å². The molecule has 2 heterocycles. The maximum Gasteiger partial charge on any atom is 0.0640 e. The zero-order valence-electron chi connectivity index (χ0n) is 34.4. The molecule has 12 rings (SSSR count). The second-order valence-electron chi connectivity index (χ2n) is 16.0. The van der Waals surface area contributed by atoms with Gasteiger partial charge in [-0.05, 0) is 81.9 Å². The molecule has 0 saturated carbocycles. The van der Waals surface area contributed by atoms with Gasteiger partial charge in [-0.25, -0.2) is 0 Å². The number of rotatable bonds is 8. The lowest BCUT2D eigenvalue weighted by Gasteiger charge is -2.30. The van der Waals surface area contributed by atoms with Gasteiger partial charge in [0.1, 0.15) is 0 Å². The molecule has 296 valence electrons. The predicted octanol–water partition coefficient (Wildman–Crippen LogP) is 17.3. The summed E-state index contributed by atoms with van der Waals surface area (Å²) in [6.07, 6.45) is 0. The van der Waals surface area contributed by atoms with Crippen molar-refractivity contribution in [3.63, 3.8) is 0 Å². The summed E-state index contributed by atoms with van der Waals surface area (Å²) in [5, 5.41) is 5.04. The average molecular weight is 821 g/mol. The number of para-hydroxylation sites is 3. The highest BCUT2D eigenvalue weighted by Gasteiger charge is 2.25. The van der Waals surface area contributed by atoms with E-state index in [4.69, 9.17) is 0 Å². The third kappa shape index (κ3) is 6.24. The van der Waals surface area contributed by atoms with Crippen molar-refractivity contribution >= 4 is 70.4 Å². The van der Waals surface area contributed by atoms with Gasteiger partial charge >= 0.3 is 0 Å². The molecule has 0 saturated heterocycles. The highest BCUT2D eigenvalue weighted by atomic mass is 32.1. The molecule has 0 N–H and O–H groups in total. The normalized spacial score (nSPS) is 11.5. The number of aromatic nitrogens is 1. The van der Waals surface area contributed by atoms with E-state index >= 15 is 0 Å². The molecule has 0 spiro atoms. The molecule has 0 aliphatic rings. The first-order valence-corrected chi connectivity index (χ1v) is 22.3. The van der Waals surface area contributed by atoms with Crippen molar-refractivity contribution < 1.29 is 0 Å². The summed E-state index contributed by atoms with van der Waals surface area (Å²) in [7, 11) is 0. The van der Waals surface area contributed by atoms with Crippen LogP contribution in [0.2, 0.25) is 0 Å². The molecule has 0 aliphatic heterocycles. The van der Waals surface area contributed by atoms with Crippen molar-refractivity contribution in [1.29, 1.82) is 0 Å². The van der Waals surface area contributed by atoms with E-state index in [1.165, 1.54) is 80.9 Å². The molecule has 3 heteroatoms. The molecule has 10 aromatic carbocycles. The largest absolute Gasteiger partial charge is 0.309 e. The van der Waals surface area contributed by atoms with Crippen LogP contribution in [0.3, 0.4) is 0 Å². The fraction of sp³-hybridized carbons (Fsp3) is 0. The first kappa shape index (κ1) is 36.8. The zero-order chi connectivity index (χ0) is 41.7. The number of hydrogen-bond donors (Lipinski definition) is 0. The Hall–Kier alpha value is -7.98. The van der Waals surface area contributed by atoms with Gasteiger partial charge in [-0.1, -0.05) is 194 Å². The Morgan fingerprint density at radius 2 is 0.857 bits per heavy atom. The van der Waals surface area contributed by atoms with Crippen molar-refractivity contribution in [2.45, 2.75) is 0 Å². The molecule has 0 atom stereocenters. The number of fused-ring (bicyclic) bond motifs is 6. The van der Waals surface area contributed by atoms with Crippen molar-refractivity contribution in [3.05, 3.63) is 243 Å². The van der Waals surface area contributed by atoms with Crippen LogP contribution >= 0.6 is 11.3 Å². The van der Waals surface area contributed by atoms with Crippen LogP contribution < -0.4 is 4.90 Å². The van der Waals surface area contributed by atoms with E-state index in [0.717, 1.165) is 28.3 Å². The van der Waals surface area contributed by atoms with Crippen molar-refractivity contribution in [2.24, 2.45) is 0 Å². The molecular weight excluding hydrogens is 781 g/mol. The third-order valence-electron chi connectivity index (χ3n) is 12.4. The van der Waals surface area contributed by atoms with Crippen LogP contribution in [0.4, 0.5) is 17.1 Å². The lowest BCUT2D eigenvalue weighted by Crippen LogP contribution is -2.12. The zero-order valence-corrected chi connectivity index (χ0v) is 35.2. The van der Waals surface area contributed by atoms with Crippen molar-refractivity contribution in [1.82, 2.24) is 4.57 Å². The van der Waals surface area contributed by atoms with Gasteiger partial charge in [-0.2, -0.15) is 0 Å². The SMILES string of the molecule is c1ccc(-c2ccccc2-c2c(-c3ccccc3)cccc2N(c2ccc(-c3cccc4c5ccccc5n(-c5ccccc5)c34)cc2)c2cccc3c2sc2ccccc23)cc1. The Kier molecular flexibility index (Phi) is 9.06. The van der Waals surface area contributed by atoms with Crippen LogP contribution in [0.15, 0.2) is 243 Å². The minimum atomic E-state index is 1.09. The molecule has 0 amide bonds. The second kappa shape index (κ2) is 15.5. The number of nitrogens with zero attached hydrogens (tertiary/aromatic N) is 2. The summed E-state index contributed by atoms with van der Waals surface area (Å²) in [5.74, 6) is 0. The molecule has 0 fully saturated rings. The van der Waals surface area contributed by atoms with Crippen LogP contribution in [0.25, 0.3) is 92.2 Å².